The fourth-order valence-corrected chi connectivity index (χ4v) is 2.53. The SMILES string of the molecule is C=C(C)COc1ccc(NC(=O)CC2CCCC2)cc1. The van der Waals surface area contributed by atoms with E-state index in [1.807, 2.05) is 31.2 Å². The number of benzene rings is 1. The highest BCUT2D eigenvalue weighted by Crippen LogP contribution is 2.27. The third kappa shape index (κ3) is 4.72. The van der Waals surface area contributed by atoms with Gasteiger partial charge in [-0.2, -0.15) is 0 Å². The Balaban J connectivity index is 1.80. The number of ether oxygens (including phenoxy) is 1. The zero-order valence-corrected chi connectivity index (χ0v) is 12.2. The lowest BCUT2D eigenvalue weighted by atomic mass is 10.0. The minimum atomic E-state index is 0.118. The third-order valence-corrected chi connectivity index (χ3v) is 3.57. The lowest BCUT2D eigenvalue weighted by Gasteiger charge is -2.10. The highest BCUT2D eigenvalue weighted by molar-refractivity contribution is 5.90. The van der Waals surface area contributed by atoms with Crippen molar-refractivity contribution in [3.8, 4) is 5.75 Å². The van der Waals surface area contributed by atoms with Crippen molar-refractivity contribution in [3.63, 3.8) is 0 Å². The van der Waals surface area contributed by atoms with E-state index in [0.717, 1.165) is 17.0 Å². The average Bonchev–Trinajstić information content (AvgIpc) is 2.90. The molecule has 2 rings (SSSR count). The van der Waals surface area contributed by atoms with Crippen LogP contribution in [0.15, 0.2) is 36.4 Å². The van der Waals surface area contributed by atoms with E-state index in [1.165, 1.54) is 25.7 Å². The summed E-state index contributed by atoms with van der Waals surface area (Å²) in [6.45, 7) is 6.24. The monoisotopic (exact) mass is 273 g/mol. The molecule has 0 heterocycles. The van der Waals surface area contributed by atoms with Crippen LogP contribution in [0, 0.1) is 5.92 Å². The van der Waals surface area contributed by atoms with E-state index in [4.69, 9.17) is 4.74 Å². The number of amides is 1. The lowest BCUT2D eigenvalue weighted by Crippen LogP contribution is -2.15. The first-order valence-electron chi connectivity index (χ1n) is 7.30. The van der Waals surface area contributed by atoms with Crippen molar-refractivity contribution >= 4 is 11.6 Å². The van der Waals surface area contributed by atoms with Gasteiger partial charge in [-0.3, -0.25) is 4.79 Å². The molecule has 3 heteroatoms. The summed E-state index contributed by atoms with van der Waals surface area (Å²) in [5, 5.41) is 2.95. The van der Waals surface area contributed by atoms with Crippen LogP contribution in [0.4, 0.5) is 5.69 Å². The molecular formula is C17H23NO2. The second kappa shape index (κ2) is 7.13. The smallest absolute Gasteiger partial charge is 0.224 e. The minimum Gasteiger partial charge on any atom is -0.489 e. The van der Waals surface area contributed by atoms with Crippen molar-refractivity contribution in [2.24, 2.45) is 5.92 Å². The molecule has 0 unspecified atom stereocenters. The topological polar surface area (TPSA) is 38.3 Å². The summed E-state index contributed by atoms with van der Waals surface area (Å²) in [4.78, 5) is 11.9. The van der Waals surface area contributed by atoms with Gasteiger partial charge in [0.2, 0.25) is 5.91 Å². The molecule has 0 aromatic heterocycles. The summed E-state index contributed by atoms with van der Waals surface area (Å²) in [5.74, 6) is 1.49. The van der Waals surface area contributed by atoms with Gasteiger partial charge in [-0.15, -0.1) is 0 Å². The summed E-state index contributed by atoms with van der Waals surface area (Å²) in [6, 6.07) is 7.49. The summed E-state index contributed by atoms with van der Waals surface area (Å²) in [7, 11) is 0. The molecule has 0 radical (unpaired) electrons. The Morgan fingerprint density at radius 1 is 1.30 bits per heavy atom. The van der Waals surface area contributed by atoms with Gasteiger partial charge in [0.25, 0.3) is 0 Å². The van der Waals surface area contributed by atoms with Gasteiger partial charge < -0.3 is 10.1 Å². The fraction of sp³-hybridized carbons (Fsp3) is 0.471. The van der Waals surface area contributed by atoms with Crippen LogP contribution in [0.3, 0.4) is 0 Å². The standard InChI is InChI=1S/C17H23NO2/c1-13(2)12-20-16-9-7-15(8-10-16)18-17(19)11-14-5-3-4-6-14/h7-10,14H,1,3-6,11-12H2,2H3,(H,18,19). The maximum absolute atomic E-state index is 11.9. The van der Waals surface area contributed by atoms with Crippen LogP contribution >= 0.6 is 0 Å². The van der Waals surface area contributed by atoms with E-state index in [9.17, 15) is 4.79 Å². The number of hydrogen-bond acceptors (Lipinski definition) is 2. The number of nitrogens with one attached hydrogen (secondary N) is 1. The number of carbonyl (C=O) groups excluding carboxylic acids is 1. The Bertz CT molecular complexity index is 458. The Morgan fingerprint density at radius 2 is 1.95 bits per heavy atom. The molecule has 1 aliphatic rings. The molecule has 1 saturated carbocycles. The van der Waals surface area contributed by atoms with Crippen LogP contribution in [0.25, 0.3) is 0 Å². The average molecular weight is 273 g/mol. The molecular weight excluding hydrogens is 250 g/mol. The van der Waals surface area contributed by atoms with Crippen molar-refractivity contribution in [3.05, 3.63) is 36.4 Å². The highest BCUT2D eigenvalue weighted by Gasteiger charge is 2.18. The summed E-state index contributed by atoms with van der Waals surface area (Å²) < 4.78 is 5.52. The van der Waals surface area contributed by atoms with Gasteiger partial charge in [-0.1, -0.05) is 19.4 Å². The Kier molecular flexibility index (Phi) is 5.22. The first-order chi connectivity index (χ1) is 9.63. The van der Waals surface area contributed by atoms with Crippen molar-refractivity contribution in [1.82, 2.24) is 0 Å². The number of rotatable bonds is 6. The van der Waals surface area contributed by atoms with Crippen LogP contribution in [-0.2, 0) is 4.79 Å². The van der Waals surface area contributed by atoms with Crippen LogP contribution in [0.1, 0.15) is 39.0 Å². The van der Waals surface area contributed by atoms with Crippen LogP contribution < -0.4 is 10.1 Å². The molecule has 0 spiro atoms. The second-order valence-corrected chi connectivity index (χ2v) is 5.67. The molecule has 0 saturated heterocycles. The molecule has 1 aliphatic carbocycles. The first kappa shape index (κ1) is 14.6. The van der Waals surface area contributed by atoms with E-state index < -0.39 is 0 Å². The maximum atomic E-state index is 11.9. The van der Waals surface area contributed by atoms with Gasteiger partial charge in [-0.25, -0.2) is 0 Å². The third-order valence-electron chi connectivity index (χ3n) is 3.57. The first-order valence-corrected chi connectivity index (χ1v) is 7.30. The predicted molar refractivity (Wildman–Crippen MR) is 82.0 cm³/mol. The largest absolute Gasteiger partial charge is 0.489 e. The van der Waals surface area contributed by atoms with Crippen LogP contribution in [0.5, 0.6) is 5.75 Å². The molecule has 1 N–H and O–H groups in total. The predicted octanol–water partition coefficient (Wildman–Crippen LogP) is 4.16. The zero-order valence-electron chi connectivity index (χ0n) is 12.2. The van der Waals surface area contributed by atoms with Crippen molar-refractivity contribution in [1.29, 1.82) is 0 Å². The number of anilines is 1. The van der Waals surface area contributed by atoms with Crippen LogP contribution in [-0.4, -0.2) is 12.5 Å². The zero-order chi connectivity index (χ0) is 14.4. The Labute approximate surface area is 121 Å². The van der Waals surface area contributed by atoms with Crippen LogP contribution in [0.2, 0.25) is 0 Å². The molecule has 1 aromatic carbocycles. The van der Waals surface area contributed by atoms with Gasteiger partial charge in [0.1, 0.15) is 12.4 Å². The van der Waals surface area contributed by atoms with E-state index in [2.05, 4.69) is 11.9 Å². The quantitative estimate of drug-likeness (QED) is 0.790. The van der Waals surface area contributed by atoms with Gasteiger partial charge in [0.15, 0.2) is 0 Å². The molecule has 1 amide bonds. The Morgan fingerprint density at radius 3 is 2.55 bits per heavy atom. The summed E-state index contributed by atoms with van der Waals surface area (Å²) in [5.41, 5.74) is 1.81. The molecule has 3 nitrogen and oxygen atoms in total. The van der Waals surface area contributed by atoms with Gasteiger partial charge in [0.05, 0.1) is 0 Å². The summed E-state index contributed by atoms with van der Waals surface area (Å²) in [6.07, 6.45) is 5.58. The van der Waals surface area contributed by atoms with Crippen molar-refractivity contribution in [2.45, 2.75) is 39.0 Å². The van der Waals surface area contributed by atoms with E-state index >= 15 is 0 Å². The van der Waals surface area contributed by atoms with E-state index in [0.29, 0.717) is 18.9 Å². The normalized spacial score (nSPS) is 15.1. The van der Waals surface area contributed by atoms with Gasteiger partial charge in [-0.05, 0) is 55.5 Å². The van der Waals surface area contributed by atoms with Crippen molar-refractivity contribution < 1.29 is 9.53 Å². The van der Waals surface area contributed by atoms with Gasteiger partial charge >= 0.3 is 0 Å². The summed E-state index contributed by atoms with van der Waals surface area (Å²) >= 11 is 0. The molecule has 0 aliphatic heterocycles. The number of hydrogen-bond donors (Lipinski definition) is 1. The highest BCUT2D eigenvalue weighted by atomic mass is 16.5. The molecule has 0 atom stereocenters. The van der Waals surface area contributed by atoms with E-state index in [-0.39, 0.29) is 5.91 Å². The molecule has 20 heavy (non-hydrogen) atoms. The molecule has 108 valence electrons. The Hall–Kier alpha value is -1.77. The molecule has 0 bridgehead atoms. The second-order valence-electron chi connectivity index (χ2n) is 5.67. The molecule has 1 fully saturated rings. The minimum absolute atomic E-state index is 0.118. The molecule has 1 aromatic rings. The van der Waals surface area contributed by atoms with Gasteiger partial charge in [0, 0.05) is 12.1 Å². The fourth-order valence-electron chi connectivity index (χ4n) is 2.53. The lowest BCUT2D eigenvalue weighted by molar-refractivity contribution is -0.117. The van der Waals surface area contributed by atoms with Crippen molar-refractivity contribution in [2.75, 3.05) is 11.9 Å². The van der Waals surface area contributed by atoms with E-state index in [1.54, 1.807) is 0 Å². The maximum Gasteiger partial charge on any atom is 0.224 e. The number of carbonyl (C=O) groups is 1.